The van der Waals surface area contributed by atoms with Crippen LogP contribution in [0.15, 0.2) is 0 Å². The first-order chi connectivity index (χ1) is 9.83. The van der Waals surface area contributed by atoms with Crippen LogP contribution in [0.4, 0.5) is 0 Å². The van der Waals surface area contributed by atoms with Crippen molar-refractivity contribution in [3.63, 3.8) is 0 Å². The lowest BCUT2D eigenvalue weighted by molar-refractivity contribution is 0.157. The van der Waals surface area contributed by atoms with Crippen LogP contribution >= 0.6 is 0 Å². The van der Waals surface area contributed by atoms with Crippen molar-refractivity contribution in [2.24, 2.45) is 17.8 Å². The van der Waals surface area contributed by atoms with Gasteiger partial charge in [0.05, 0.1) is 6.07 Å². The maximum atomic E-state index is 9.50. The molecule has 3 heteroatoms. The van der Waals surface area contributed by atoms with Gasteiger partial charge in [0.1, 0.15) is 5.54 Å². The van der Waals surface area contributed by atoms with Gasteiger partial charge in [-0.1, -0.05) is 6.42 Å². The predicted octanol–water partition coefficient (Wildman–Crippen LogP) is 3.41. The first-order valence-electron chi connectivity index (χ1n) is 8.72. The lowest BCUT2D eigenvalue weighted by Gasteiger charge is -2.35. The Morgan fingerprint density at radius 2 is 2.00 bits per heavy atom. The molecule has 2 fully saturated rings. The summed E-state index contributed by atoms with van der Waals surface area (Å²) in [7, 11) is 2.24. The molecule has 2 aliphatic carbocycles. The number of hydrogen-bond donors (Lipinski definition) is 1. The van der Waals surface area contributed by atoms with Crippen molar-refractivity contribution in [2.75, 3.05) is 13.6 Å². The highest BCUT2D eigenvalue weighted by atomic mass is 15.1. The quantitative estimate of drug-likeness (QED) is 0.781. The molecule has 0 aromatic rings. The highest BCUT2D eigenvalue weighted by molar-refractivity contribution is 5.06. The molecule has 3 nitrogen and oxygen atoms in total. The van der Waals surface area contributed by atoms with Gasteiger partial charge in [-0.05, 0) is 78.2 Å². The summed E-state index contributed by atoms with van der Waals surface area (Å²) in [6.45, 7) is 9.74. The predicted molar refractivity (Wildman–Crippen MR) is 87.9 cm³/mol. The molecule has 2 saturated carbocycles. The van der Waals surface area contributed by atoms with Crippen LogP contribution < -0.4 is 5.32 Å². The molecule has 5 atom stereocenters. The third kappa shape index (κ3) is 4.20. The lowest BCUT2D eigenvalue weighted by Crippen LogP contribution is -2.49. The van der Waals surface area contributed by atoms with E-state index < -0.39 is 5.54 Å². The average molecular weight is 291 g/mol. The van der Waals surface area contributed by atoms with Gasteiger partial charge in [-0.25, -0.2) is 0 Å². The van der Waals surface area contributed by atoms with E-state index in [1.165, 1.54) is 32.2 Å². The zero-order valence-corrected chi connectivity index (χ0v) is 14.5. The first kappa shape index (κ1) is 16.8. The van der Waals surface area contributed by atoms with E-state index in [0.717, 1.165) is 24.2 Å². The molecule has 2 aliphatic rings. The number of nitrogens with one attached hydrogen (secondary N) is 1. The molecule has 0 saturated heterocycles. The van der Waals surface area contributed by atoms with Gasteiger partial charge >= 0.3 is 0 Å². The second kappa shape index (κ2) is 6.67. The van der Waals surface area contributed by atoms with E-state index in [9.17, 15) is 5.26 Å². The van der Waals surface area contributed by atoms with Crippen LogP contribution in [-0.2, 0) is 0 Å². The van der Waals surface area contributed by atoms with Gasteiger partial charge < -0.3 is 4.90 Å². The van der Waals surface area contributed by atoms with Gasteiger partial charge in [0.15, 0.2) is 0 Å². The molecule has 2 rings (SSSR count). The monoisotopic (exact) mass is 291 g/mol. The second-order valence-electron chi connectivity index (χ2n) is 8.17. The van der Waals surface area contributed by atoms with Gasteiger partial charge in [0.2, 0.25) is 0 Å². The fourth-order valence-corrected chi connectivity index (χ4v) is 4.67. The van der Waals surface area contributed by atoms with Crippen molar-refractivity contribution >= 4 is 0 Å². The van der Waals surface area contributed by atoms with Crippen LogP contribution in [0.2, 0.25) is 0 Å². The summed E-state index contributed by atoms with van der Waals surface area (Å²) in [5.74, 6) is 2.92. The van der Waals surface area contributed by atoms with Crippen molar-refractivity contribution in [1.82, 2.24) is 10.2 Å². The largest absolute Gasteiger partial charge is 0.303 e. The van der Waals surface area contributed by atoms with Gasteiger partial charge in [0, 0.05) is 18.6 Å². The Morgan fingerprint density at radius 3 is 2.48 bits per heavy atom. The minimum Gasteiger partial charge on any atom is -0.303 e. The van der Waals surface area contributed by atoms with Crippen LogP contribution in [-0.4, -0.2) is 36.1 Å². The number of nitrogens with zero attached hydrogens (tertiary/aromatic N) is 2. The smallest absolute Gasteiger partial charge is 0.105 e. The normalized spacial score (nSPS) is 32.4. The second-order valence-corrected chi connectivity index (χ2v) is 8.17. The standard InChI is InChI=1S/C18H33N3/c1-13(2)20-18(4,12-19)10-14(3)21(5)11-17-9-15-6-7-16(17)8-15/h13-17,20H,6-11H2,1-5H3. The zero-order chi connectivity index (χ0) is 15.6. The number of nitriles is 1. The Labute approximate surface area is 131 Å². The highest BCUT2D eigenvalue weighted by Gasteiger charge is 2.40. The Bertz CT molecular complexity index is 386. The topological polar surface area (TPSA) is 39.1 Å². The molecule has 120 valence electrons. The van der Waals surface area contributed by atoms with Crippen LogP contribution in [0, 0.1) is 29.1 Å². The lowest BCUT2D eigenvalue weighted by atomic mass is 9.87. The fourth-order valence-electron chi connectivity index (χ4n) is 4.67. The molecule has 0 aromatic carbocycles. The Balaban J connectivity index is 1.84. The zero-order valence-electron chi connectivity index (χ0n) is 14.5. The fraction of sp³-hybridized carbons (Fsp3) is 0.944. The summed E-state index contributed by atoms with van der Waals surface area (Å²) >= 11 is 0. The van der Waals surface area contributed by atoms with Crippen molar-refractivity contribution in [2.45, 2.75) is 77.4 Å². The molecular weight excluding hydrogens is 258 g/mol. The SMILES string of the molecule is CC(C)NC(C)(C#N)CC(C)N(C)CC1CC2CCC1C2. The van der Waals surface area contributed by atoms with E-state index in [1.807, 2.05) is 6.92 Å². The third-order valence-electron chi connectivity index (χ3n) is 5.72. The minimum absolute atomic E-state index is 0.345. The highest BCUT2D eigenvalue weighted by Crippen LogP contribution is 2.48. The Morgan fingerprint density at radius 1 is 1.29 bits per heavy atom. The first-order valence-corrected chi connectivity index (χ1v) is 8.72. The molecule has 0 radical (unpaired) electrons. The molecule has 0 amide bonds. The van der Waals surface area contributed by atoms with Gasteiger partial charge in [-0.2, -0.15) is 5.26 Å². The van der Waals surface area contributed by atoms with E-state index in [4.69, 9.17) is 0 Å². The number of fused-ring (bicyclic) bond motifs is 2. The molecule has 0 aliphatic heterocycles. The summed E-state index contributed by atoms with van der Waals surface area (Å²) in [4.78, 5) is 2.49. The van der Waals surface area contributed by atoms with Crippen molar-refractivity contribution < 1.29 is 0 Å². The summed E-state index contributed by atoms with van der Waals surface area (Å²) in [5.41, 5.74) is -0.420. The molecule has 0 heterocycles. The molecule has 0 spiro atoms. The maximum Gasteiger partial charge on any atom is 0.105 e. The van der Waals surface area contributed by atoms with E-state index in [1.54, 1.807) is 0 Å². The van der Waals surface area contributed by atoms with Crippen molar-refractivity contribution in [3.8, 4) is 6.07 Å². The van der Waals surface area contributed by atoms with Crippen molar-refractivity contribution in [1.29, 1.82) is 5.26 Å². The summed E-state index contributed by atoms with van der Waals surface area (Å²) in [5, 5.41) is 12.9. The van der Waals surface area contributed by atoms with Gasteiger partial charge in [-0.3, -0.25) is 5.32 Å². The van der Waals surface area contributed by atoms with Gasteiger partial charge in [0.25, 0.3) is 0 Å². The van der Waals surface area contributed by atoms with Gasteiger partial charge in [-0.15, -0.1) is 0 Å². The van der Waals surface area contributed by atoms with E-state index in [2.05, 4.69) is 44.1 Å². The molecule has 21 heavy (non-hydrogen) atoms. The van der Waals surface area contributed by atoms with E-state index in [-0.39, 0.29) is 0 Å². The maximum absolute atomic E-state index is 9.50. The van der Waals surface area contributed by atoms with E-state index >= 15 is 0 Å². The molecule has 2 bridgehead atoms. The molecular formula is C18H33N3. The molecule has 5 unspecified atom stereocenters. The number of rotatable bonds is 7. The minimum atomic E-state index is -0.420. The van der Waals surface area contributed by atoms with E-state index in [0.29, 0.717) is 12.1 Å². The average Bonchev–Trinajstić information content (AvgIpc) is 2.99. The van der Waals surface area contributed by atoms with Crippen LogP contribution in [0.1, 0.15) is 59.8 Å². The Kier molecular flexibility index (Phi) is 5.33. The van der Waals surface area contributed by atoms with Crippen LogP contribution in [0.5, 0.6) is 0 Å². The Hall–Kier alpha value is -0.590. The van der Waals surface area contributed by atoms with Crippen LogP contribution in [0.25, 0.3) is 0 Å². The van der Waals surface area contributed by atoms with Crippen LogP contribution in [0.3, 0.4) is 0 Å². The number of hydrogen-bond acceptors (Lipinski definition) is 3. The molecule has 0 aromatic heterocycles. The summed E-state index contributed by atoms with van der Waals surface area (Å²) < 4.78 is 0. The summed E-state index contributed by atoms with van der Waals surface area (Å²) in [6.07, 6.45) is 6.76. The van der Waals surface area contributed by atoms with Crippen molar-refractivity contribution in [3.05, 3.63) is 0 Å². The third-order valence-corrected chi connectivity index (χ3v) is 5.72. The molecule has 1 N–H and O–H groups in total. The summed E-state index contributed by atoms with van der Waals surface area (Å²) in [6, 6.07) is 3.27.